The van der Waals surface area contributed by atoms with Crippen molar-refractivity contribution < 1.29 is 14.5 Å². The van der Waals surface area contributed by atoms with Gasteiger partial charge in [-0.05, 0) is 25.0 Å². The van der Waals surface area contributed by atoms with Gasteiger partial charge >= 0.3 is 5.69 Å². The number of carbonyl (C=O) groups is 1. The highest BCUT2D eigenvalue weighted by atomic mass is 35.5. The van der Waals surface area contributed by atoms with E-state index in [2.05, 4.69) is 0 Å². The average Bonchev–Trinajstić information content (AvgIpc) is 2.94. The largest absolute Gasteiger partial charge is 0.490 e. The molecule has 0 spiro atoms. The van der Waals surface area contributed by atoms with E-state index in [0.717, 1.165) is 12.8 Å². The van der Waals surface area contributed by atoms with E-state index in [4.69, 9.17) is 10.5 Å². The second kappa shape index (κ2) is 7.24. The Morgan fingerprint density at radius 1 is 1.57 bits per heavy atom. The third kappa shape index (κ3) is 3.43. The summed E-state index contributed by atoms with van der Waals surface area (Å²) in [7, 11) is 1.36. The molecule has 1 saturated heterocycles. The molecule has 8 heteroatoms. The van der Waals surface area contributed by atoms with E-state index in [1.54, 1.807) is 11.0 Å². The average molecular weight is 316 g/mol. The van der Waals surface area contributed by atoms with Crippen molar-refractivity contribution in [3.8, 4) is 5.75 Å². The Labute approximate surface area is 128 Å². The summed E-state index contributed by atoms with van der Waals surface area (Å²) in [6, 6.07) is 4.26. The standard InChI is InChI=1S/C13H17N3O4.ClH/c1-20-12-5-4-9(7-11(12)16(18)19)13(17)15-6-2-3-10(15)8-14;/h4-5,7,10H,2-3,6,8,14H2,1H3;1H. The van der Waals surface area contributed by atoms with Gasteiger partial charge in [-0.25, -0.2) is 0 Å². The van der Waals surface area contributed by atoms with Crippen LogP contribution in [-0.4, -0.2) is 42.0 Å². The summed E-state index contributed by atoms with van der Waals surface area (Å²) in [6.07, 6.45) is 1.78. The summed E-state index contributed by atoms with van der Waals surface area (Å²) in [5, 5.41) is 11.0. The van der Waals surface area contributed by atoms with Gasteiger partial charge in [0.15, 0.2) is 5.75 Å². The number of halogens is 1. The van der Waals surface area contributed by atoms with Gasteiger partial charge < -0.3 is 15.4 Å². The summed E-state index contributed by atoms with van der Waals surface area (Å²) < 4.78 is 4.92. The molecule has 0 saturated carbocycles. The van der Waals surface area contributed by atoms with Gasteiger partial charge in [0.05, 0.1) is 12.0 Å². The number of hydrogen-bond acceptors (Lipinski definition) is 5. The first-order chi connectivity index (χ1) is 9.58. The summed E-state index contributed by atoms with van der Waals surface area (Å²) in [6.45, 7) is 1.05. The number of ether oxygens (including phenoxy) is 1. The van der Waals surface area contributed by atoms with Crippen LogP contribution in [0.15, 0.2) is 18.2 Å². The Bertz CT molecular complexity index is 538. The van der Waals surface area contributed by atoms with Crippen LogP contribution in [0.3, 0.4) is 0 Å². The van der Waals surface area contributed by atoms with Crippen LogP contribution in [0.2, 0.25) is 0 Å². The van der Waals surface area contributed by atoms with E-state index in [-0.39, 0.29) is 41.4 Å². The molecule has 0 aromatic heterocycles. The predicted molar refractivity (Wildman–Crippen MR) is 80.0 cm³/mol. The van der Waals surface area contributed by atoms with Gasteiger partial charge in [-0.2, -0.15) is 0 Å². The van der Waals surface area contributed by atoms with Crippen LogP contribution in [0.5, 0.6) is 5.75 Å². The molecule has 1 aliphatic heterocycles. The molecular weight excluding hydrogens is 298 g/mol. The van der Waals surface area contributed by atoms with E-state index in [1.165, 1.54) is 19.2 Å². The van der Waals surface area contributed by atoms with E-state index < -0.39 is 4.92 Å². The summed E-state index contributed by atoms with van der Waals surface area (Å²) in [5.74, 6) is -0.0768. The maximum Gasteiger partial charge on any atom is 0.311 e. The van der Waals surface area contributed by atoms with Crippen molar-refractivity contribution in [1.82, 2.24) is 4.90 Å². The first kappa shape index (κ1) is 17.2. The SMILES string of the molecule is COc1ccc(C(=O)N2CCCC2CN)cc1[N+](=O)[O-].Cl. The number of nitrogens with two attached hydrogens (primary N) is 1. The minimum Gasteiger partial charge on any atom is -0.490 e. The van der Waals surface area contributed by atoms with E-state index in [0.29, 0.717) is 13.1 Å². The molecule has 7 nitrogen and oxygen atoms in total. The molecule has 2 N–H and O–H groups in total. The Morgan fingerprint density at radius 3 is 2.86 bits per heavy atom. The van der Waals surface area contributed by atoms with Crippen molar-refractivity contribution >= 4 is 24.0 Å². The molecule has 1 atom stereocenters. The van der Waals surface area contributed by atoms with Gasteiger partial charge in [0, 0.05) is 30.8 Å². The Balaban J connectivity index is 0.00000220. The minimum absolute atomic E-state index is 0. The molecular formula is C13H18ClN3O4. The Kier molecular flexibility index (Phi) is 5.92. The highest BCUT2D eigenvalue weighted by molar-refractivity contribution is 5.95. The fourth-order valence-electron chi connectivity index (χ4n) is 2.48. The van der Waals surface area contributed by atoms with Gasteiger partial charge in [0.25, 0.3) is 5.91 Å². The number of likely N-dealkylation sites (tertiary alicyclic amines) is 1. The van der Waals surface area contributed by atoms with Crippen molar-refractivity contribution in [3.05, 3.63) is 33.9 Å². The number of methoxy groups -OCH3 is 1. The number of rotatable bonds is 4. The molecule has 1 fully saturated rings. The number of amides is 1. The van der Waals surface area contributed by atoms with Crippen molar-refractivity contribution in [1.29, 1.82) is 0 Å². The highest BCUT2D eigenvalue weighted by Gasteiger charge is 2.29. The van der Waals surface area contributed by atoms with Gasteiger partial charge in [0.1, 0.15) is 0 Å². The molecule has 0 radical (unpaired) electrons. The summed E-state index contributed by atoms with van der Waals surface area (Å²) in [5.41, 5.74) is 5.72. The zero-order valence-corrected chi connectivity index (χ0v) is 12.5. The fourth-order valence-corrected chi connectivity index (χ4v) is 2.48. The van der Waals surface area contributed by atoms with E-state index in [1.807, 2.05) is 0 Å². The second-order valence-corrected chi connectivity index (χ2v) is 4.67. The highest BCUT2D eigenvalue weighted by Crippen LogP contribution is 2.29. The predicted octanol–water partition coefficient (Wildman–Crippen LogP) is 1.59. The van der Waals surface area contributed by atoms with Crippen molar-refractivity contribution in [2.75, 3.05) is 20.2 Å². The zero-order valence-electron chi connectivity index (χ0n) is 11.7. The first-order valence-electron chi connectivity index (χ1n) is 6.42. The van der Waals surface area contributed by atoms with Crippen LogP contribution >= 0.6 is 12.4 Å². The Morgan fingerprint density at radius 2 is 2.29 bits per heavy atom. The van der Waals surface area contributed by atoms with Crippen LogP contribution < -0.4 is 10.5 Å². The van der Waals surface area contributed by atoms with Crippen LogP contribution in [0, 0.1) is 10.1 Å². The molecule has 1 heterocycles. The molecule has 1 aliphatic rings. The quantitative estimate of drug-likeness (QED) is 0.672. The van der Waals surface area contributed by atoms with E-state index >= 15 is 0 Å². The smallest absolute Gasteiger partial charge is 0.311 e. The van der Waals surface area contributed by atoms with Gasteiger partial charge in [-0.1, -0.05) is 0 Å². The van der Waals surface area contributed by atoms with Gasteiger partial charge in [-0.15, -0.1) is 12.4 Å². The number of benzene rings is 1. The number of hydrogen-bond donors (Lipinski definition) is 1. The molecule has 1 aromatic carbocycles. The molecule has 21 heavy (non-hydrogen) atoms. The maximum atomic E-state index is 12.4. The van der Waals surface area contributed by atoms with E-state index in [9.17, 15) is 14.9 Å². The number of nitro benzene ring substituents is 1. The molecule has 1 amide bonds. The first-order valence-corrected chi connectivity index (χ1v) is 6.42. The monoisotopic (exact) mass is 315 g/mol. The van der Waals surface area contributed by atoms with Crippen molar-refractivity contribution in [3.63, 3.8) is 0 Å². The fraction of sp³-hybridized carbons (Fsp3) is 0.462. The molecule has 1 aromatic rings. The number of nitro groups is 1. The molecule has 1 unspecified atom stereocenters. The van der Waals surface area contributed by atoms with Crippen LogP contribution in [-0.2, 0) is 0 Å². The lowest BCUT2D eigenvalue weighted by atomic mass is 10.1. The Hall–Kier alpha value is -1.86. The van der Waals surface area contributed by atoms with Crippen molar-refractivity contribution in [2.45, 2.75) is 18.9 Å². The van der Waals surface area contributed by atoms with Gasteiger partial charge in [0.2, 0.25) is 0 Å². The lowest BCUT2D eigenvalue weighted by Crippen LogP contribution is -2.39. The molecule has 0 bridgehead atoms. The molecule has 116 valence electrons. The lowest BCUT2D eigenvalue weighted by molar-refractivity contribution is -0.385. The summed E-state index contributed by atoms with van der Waals surface area (Å²) >= 11 is 0. The normalized spacial score (nSPS) is 17.2. The van der Waals surface area contributed by atoms with Gasteiger partial charge in [-0.3, -0.25) is 14.9 Å². The topological polar surface area (TPSA) is 98.7 Å². The molecule has 0 aliphatic carbocycles. The third-order valence-corrected chi connectivity index (χ3v) is 3.53. The van der Waals surface area contributed by atoms with Crippen LogP contribution in [0.4, 0.5) is 5.69 Å². The maximum absolute atomic E-state index is 12.4. The minimum atomic E-state index is -0.556. The lowest BCUT2D eigenvalue weighted by Gasteiger charge is -2.23. The van der Waals surface area contributed by atoms with Crippen molar-refractivity contribution in [2.24, 2.45) is 5.73 Å². The molecule has 2 rings (SSSR count). The number of carbonyl (C=O) groups excluding carboxylic acids is 1. The third-order valence-electron chi connectivity index (χ3n) is 3.53. The second-order valence-electron chi connectivity index (χ2n) is 4.67. The zero-order chi connectivity index (χ0) is 14.7. The number of nitrogens with zero attached hydrogens (tertiary/aromatic N) is 2. The van der Waals surface area contributed by atoms with Crippen LogP contribution in [0.1, 0.15) is 23.2 Å². The van der Waals surface area contributed by atoms with Crippen LogP contribution in [0.25, 0.3) is 0 Å². The summed E-state index contributed by atoms with van der Waals surface area (Å²) in [4.78, 5) is 24.5.